The highest BCUT2D eigenvalue weighted by atomic mass is 16.4. The second-order valence-electron chi connectivity index (χ2n) is 6.83. The molecule has 3 aromatic rings. The minimum atomic E-state index is -1.30. The van der Waals surface area contributed by atoms with Crippen LogP contribution in [0, 0.1) is 0 Å². The molecule has 1 amide bonds. The molecule has 1 aromatic heterocycles. The summed E-state index contributed by atoms with van der Waals surface area (Å²) in [5.41, 5.74) is 2.17. The molecule has 0 saturated heterocycles. The van der Waals surface area contributed by atoms with E-state index in [-0.39, 0.29) is 30.0 Å². The third-order valence-electron chi connectivity index (χ3n) is 4.94. The number of rotatable bonds is 6. The monoisotopic (exact) mass is 394 g/mol. The Labute approximate surface area is 167 Å². The number of carboxylic acids is 1. The Morgan fingerprint density at radius 1 is 1.14 bits per heavy atom. The first-order valence-corrected chi connectivity index (χ1v) is 9.16. The van der Waals surface area contributed by atoms with Gasteiger partial charge in [0.05, 0.1) is 12.1 Å². The lowest BCUT2D eigenvalue weighted by Crippen LogP contribution is -2.24. The first-order valence-electron chi connectivity index (χ1n) is 9.16. The highest BCUT2D eigenvalue weighted by Gasteiger charge is 2.16. The molecular formula is C22H22N2O5. The maximum atomic E-state index is 12.7. The number of para-hydroxylation sites is 1. The Morgan fingerprint density at radius 3 is 2.52 bits per heavy atom. The zero-order valence-electron chi connectivity index (χ0n) is 16.3. The minimum Gasteiger partial charge on any atom is -0.477 e. The van der Waals surface area contributed by atoms with Crippen molar-refractivity contribution in [1.82, 2.24) is 4.57 Å². The molecule has 0 spiro atoms. The van der Waals surface area contributed by atoms with E-state index in [0.29, 0.717) is 11.9 Å². The molecule has 0 aliphatic heterocycles. The molecule has 0 fully saturated rings. The molecule has 0 saturated carbocycles. The number of anilines is 1. The highest BCUT2D eigenvalue weighted by molar-refractivity contribution is 5.93. The molecule has 0 atom stereocenters. The van der Waals surface area contributed by atoms with Crippen molar-refractivity contribution < 1.29 is 19.8 Å². The van der Waals surface area contributed by atoms with Crippen LogP contribution in [0.3, 0.4) is 0 Å². The molecular weight excluding hydrogens is 372 g/mol. The van der Waals surface area contributed by atoms with Crippen LogP contribution in [0.15, 0.2) is 53.5 Å². The molecule has 7 nitrogen and oxygen atoms in total. The molecule has 0 unspecified atom stereocenters. The summed E-state index contributed by atoms with van der Waals surface area (Å²) < 4.78 is 1.57. The van der Waals surface area contributed by atoms with Gasteiger partial charge < -0.3 is 19.7 Å². The Kier molecular flexibility index (Phi) is 5.79. The fraction of sp³-hybridized carbons (Fsp3) is 0.227. The van der Waals surface area contributed by atoms with Crippen molar-refractivity contribution in [2.45, 2.75) is 19.9 Å². The molecule has 7 heteroatoms. The molecule has 2 N–H and O–H groups in total. The number of fused-ring (bicyclic) bond motifs is 1. The Bertz CT molecular complexity index is 1150. The number of hydrogen-bond acceptors (Lipinski definition) is 4. The van der Waals surface area contributed by atoms with Crippen molar-refractivity contribution in [2.24, 2.45) is 0 Å². The number of pyridine rings is 1. The number of hydrogen-bond donors (Lipinski definition) is 2. The van der Waals surface area contributed by atoms with Crippen molar-refractivity contribution in [1.29, 1.82) is 0 Å². The predicted octanol–water partition coefficient (Wildman–Crippen LogP) is 2.27. The van der Waals surface area contributed by atoms with Crippen LogP contribution in [-0.4, -0.2) is 40.3 Å². The fourth-order valence-electron chi connectivity index (χ4n) is 3.38. The largest absolute Gasteiger partial charge is 0.477 e. The number of carboxylic acid groups (broad SMARTS) is 1. The Hall–Kier alpha value is -3.45. The molecule has 0 bridgehead atoms. The maximum Gasteiger partial charge on any atom is 0.341 e. The summed E-state index contributed by atoms with van der Waals surface area (Å²) in [6.45, 7) is 1.50. The van der Waals surface area contributed by atoms with E-state index in [4.69, 9.17) is 0 Å². The molecule has 0 aliphatic rings. The van der Waals surface area contributed by atoms with Crippen LogP contribution in [0.25, 0.3) is 10.9 Å². The van der Waals surface area contributed by atoms with Gasteiger partial charge in [-0.2, -0.15) is 0 Å². The third kappa shape index (κ3) is 4.05. The van der Waals surface area contributed by atoms with E-state index in [1.165, 1.54) is 13.1 Å². The fourth-order valence-corrected chi connectivity index (χ4v) is 3.38. The van der Waals surface area contributed by atoms with E-state index < -0.39 is 11.4 Å². The first kappa shape index (κ1) is 20.3. The van der Waals surface area contributed by atoms with Crippen LogP contribution in [-0.2, 0) is 17.8 Å². The van der Waals surface area contributed by atoms with Crippen LogP contribution in [0.2, 0.25) is 0 Å². The number of amides is 1. The number of aromatic carboxylic acids is 1. The lowest BCUT2D eigenvalue weighted by atomic mass is 10.00. The zero-order chi connectivity index (χ0) is 21.1. The lowest BCUT2D eigenvalue weighted by molar-refractivity contribution is -0.116. The van der Waals surface area contributed by atoms with Gasteiger partial charge in [-0.1, -0.05) is 24.3 Å². The summed E-state index contributed by atoms with van der Waals surface area (Å²) in [4.78, 5) is 37.5. The second-order valence-corrected chi connectivity index (χ2v) is 6.83. The van der Waals surface area contributed by atoms with E-state index in [9.17, 15) is 24.6 Å². The number of aliphatic hydroxyl groups excluding tert-OH is 1. The van der Waals surface area contributed by atoms with Crippen molar-refractivity contribution in [2.75, 3.05) is 18.6 Å². The summed E-state index contributed by atoms with van der Waals surface area (Å²) in [7, 11) is 1.70. The van der Waals surface area contributed by atoms with Gasteiger partial charge in [0.2, 0.25) is 11.3 Å². The summed E-state index contributed by atoms with van der Waals surface area (Å²) in [6.07, 6.45) is 1.74. The van der Waals surface area contributed by atoms with Gasteiger partial charge in [-0.25, -0.2) is 4.79 Å². The van der Waals surface area contributed by atoms with Crippen LogP contribution in [0.4, 0.5) is 5.69 Å². The van der Waals surface area contributed by atoms with Crippen LogP contribution >= 0.6 is 0 Å². The summed E-state index contributed by atoms with van der Waals surface area (Å²) in [6, 6.07) is 12.8. The molecule has 0 radical (unpaired) electrons. The number of carbonyl (C=O) groups is 2. The SMILES string of the molecule is CC(=O)N(C)c1ccccc1Cc1ccc2c(c1)c(=O)c(C(=O)O)cn2CCO. The van der Waals surface area contributed by atoms with Gasteiger partial charge in [0.1, 0.15) is 5.56 Å². The van der Waals surface area contributed by atoms with Gasteiger partial charge in [0.15, 0.2) is 0 Å². The number of aliphatic hydroxyl groups is 1. The Morgan fingerprint density at radius 2 is 1.86 bits per heavy atom. The summed E-state index contributed by atoms with van der Waals surface area (Å²) in [5, 5.41) is 18.9. The van der Waals surface area contributed by atoms with Crippen LogP contribution < -0.4 is 10.3 Å². The molecule has 0 aliphatic carbocycles. The van der Waals surface area contributed by atoms with E-state index in [1.54, 1.807) is 28.6 Å². The lowest BCUT2D eigenvalue weighted by Gasteiger charge is -2.19. The smallest absolute Gasteiger partial charge is 0.341 e. The van der Waals surface area contributed by atoms with Crippen molar-refractivity contribution in [3.63, 3.8) is 0 Å². The average Bonchev–Trinajstić information content (AvgIpc) is 2.70. The normalized spacial score (nSPS) is 10.9. The van der Waals surface area contributed by atoms with E-state index >= 15 is 0 Å². The highest BCUT2D eigenvalue weighted by Crippen LogP contribution is 2.24. The third-order valence-corrected chi connectivity index (χ3v) is 4.94. The van der Waals surface area contributed by atoms with E-state index in [2.05, 4.69) is 0 Å². The first-order chi connectivity index (χ1) is 13.8. The second kappa shape index (κ2) is 8.28. The Balaban J connectivity index is 2.12. The number of aromatic nitrogens is 1. The van der Waals surface area contributed by atoms with Gasteiger partial charge >= 0.3 is 5.97 Å². The van der Waals surface area contributed by atoms with Gasteiger partial charge in [-0.05, 0) is 35.7 Å². The maximum absolute atomic E-state index is 12.7. The summed E-state index contributed by atoms with van der Waals surface area (Å²) >= 11 is 0. The van der Waals surface area contributed by atoms with Crippen molar-refractivity contribution >= 4 is 28.5 Å². The van der Waals surface area contributed by atoms with E-state index in [0.717, 1.165) is 16.8 Å². The number of nitrogens with zero attached hydrogens (tertiary/aromatic N) is 2. The number of carbonyl (C=O) groups excluding carboxylic acids is 1. The topological polar surface area (TPSA) is 99.8 Å². The zero-order valence-corrected chi connectivity index (χ0v) is 16.3. The predicted molar refractivity (Wildman–Crippen MR) is 111 cm³/mol. The van der Waals surface area contributed by atoms with E-state index in [1.807, 2.05) is 30.3 Å². The quantitative estimate of drug-likeness (QED) is 0.668. The molecule has 1 heterocycles. The molecule has 2 aromatic carbocycles. The van der Waals surface area contributed by atoms with Crippen LogP contribution in [0.1, 0.15) is 28.4 Å². The van der Waals surface area contributed by atoms with Gasteiger partial charge in [0.25, 0.3) is 0 Å². The van der Waals surface area contributed by atoms with Gasteiger partial charge in [0, 0.05) is 37.8 Å². The van der Waals surface area contributed by atoms with Gasteiger partial charge in [-0.3, -0.25) is 9.59 Å². The molecule has 29 heavy (non-hydrogen) atoms. The standard InChI is InChI=1S/C22H22N2O5/c1-14(26)23(2)19-6-4-3-5-16(19)11-15-7-8-20-17(12-15)21(27)18(22(28)29)13-24(20)9-10-25/h3-8,12-13,25H,9-11H2,1-2H3,(H,28,29). The number of benzene rings is 2. The van der Waals surface area contributed by atoms with Gasteiger partial charge in [-0.15, -0.1) is 0 Å². The van der Waals surface area contributed by atoms with Crippen LogP contribution in [0.5, 0.6) is 0 Å². The van der Waals surface area contributed by atoms with Crippen molar-refractivity contribution in [3.05, 3.63) is 75.6 Å². The molecule has 150 valence electrons. The molecule has 3 rings (SSSR count). The minimum absolute atomic E-state index is 0.0889. The summed E-state index contributed by atoms with van der Waals surface area (Å²) in [5.74, 6) is -1.39. The average molecular weight is 394 g/mol. The van der Waals surface area contributed by atoms with Crippen molar-refractivity contribution in [3.8, 4) is 0 Å².